The molecule has 0 heterocycles. The van der Waals surface area contributed by atoms with Gasteiger partial charge in [0.15, 0.2) is 0 Å². The fraction of sp³-hybridized carbons (Fsp3) is 0.167. The Labute approximate surface area is 139 Å². The molecule has 0 radical (unpaired) electrons. The first kappa shape index (κ1) is 17.0. The molecule has 0 unspecified atom stereocenters. The molecule has 0 aliphatic heterocycles. The zero-order valence-electron chi connectivity index (χ0n) is 12.9. The van der Waals surface area contributed by atoms with Gasteiger partial charge in [0.25, 0.3) is 5.91 Å². The van der Waals surface area contributed by atoms with Gasteiger partial charge >= 0.3 is 5.97 Å². The maximum atomic E-state index is 11.9. The highest BCUT2D eigenvalue weighted by molar-refractivity contribution is 5.94. The molecule has 2 aromatic carbocycles. The molecule has 6 nitrogen and oxygen atoms in total. The van der Waals surface area contributed by atoms with Gasteiger partial charge in [0.2, 0.25) is 0 Å². The lowest BCUT2D eigenvalue weighted by Gasteiger charge is -2.08. The molecule has 0 spiro atoms. The fourth-order valence-corrected chi connectivity index (χ4v) is 1.95. The van der Waals surface area contributed by atoms with Crippen LogP contribution in [0.5, 0.6) is 5.75 Å². The monoisotopic (exact) mass is 324 g/mol. The fourth-order valence-electron chi connectivity index (χ4n) is 1.95. The van der Waals surface area contributed by atoms with Gasteiger partial charge in [-0.05, 0) is 35.9 Å². The number of hydrogen-bond acceptors (Lipinski definition) is 4. The third-order valence-corrected chi connectivity index (χ3v) is 3.21. The predicted molar refractivity (Wildman–Crippen MR) is 86.5 cm³/mol. The average molecular weight is 324 g/mol. The lowest BCUT2D eigenvalue weighted by atomic mass is 10.1. The summed E-state index contributed by atoms with van der Waals surface area (Å²) < 4.78 is 5.64. The predicted octanol–water partition coefficient (Wildman–Crippen LogP) is 2.34. The van der Waals surface area contributed by atoms with E-state index in [4.69, 9.17) is 15.1 Å². The Morgan fingerprint density at radius 3 is 2.58 bits per heavy atom. The maximum absolute atomic E-state index is 11.9. The highest BCUT2D eigenvalue weighted by Gasteiger charge is 2.07. The zero-order chi connectivity index (χ0) is 17.4. The number of amides is 1. The normalized spacial score (nSPS) is 9.79. The summed E-state index contributed by atoms with van der Waals surface area (Å²) in [5.41, 5.74) is 1.89. The van der Waals surface area contributed by atoms with Crippen LogP contribution in [0, 0.1) is 11.3 Å². The molecule has 0 aliphatic rings. The Morgan fingerprint density at radius 1 is 1.17 bits per heavy atom. The first-order valence-electron chi connectivity index (χ1n) is 7.30. The molecule has 0 saturated carbocycles. The van der Waals surface area contributed by atoms with E-state index in [9.17, 15) is 9.59 Å². The molecule has 1 amide bonds. The molecule has 0 saturated heterocycles. The number of benzene rings is 2. The smallest absolute Gasteiger partial charge is 0.305 e. The van der Waals surface area contributed by atoms with Gasteiger partial charge in [-0.1, -0.05) is 18.2 Å². The summed E-state index contributed by atoms with van der Waals surface area (Å²) in [6, 6.07) is 15.7. The Balaban J connectivity index is 1.93. The van der Waals surface area contributed by atoms with Crippen LogP contribution in [0.3, 0.4) is 0 Å². The molecule has 0 aromatic heterocycles. The molecule has 6 heteroatoms. The van der Waals surface area contributed by atoms with Gasteiger partial charge < -0.3 is 15.2 Å². The minimum atomic E-state index is -0.963. The summed E-state index contributed by atoms with van der Waals surface area (Å²) in [4.78, 5) is 22.4. The number of rotatable bonds is 7. The van der Waals surface area contributed by atoms with E-state index < -0.39 is 5.97 Å². The van der Waals surface area contributed by atoms with Gasteiger partial charge in [-0.3, -0.25) is 9.59 Å². The zero-order valence-corrected chi connectivity index (χ0v) is 12.9. The molecule has 0 fully saturated rings. The number of hydrogen-bond donors (Lipinski definition) is 2. The van der Waals surface area contributed by atoms with Crippen molar-refractivity contribution in [1.82, 2.24) is 5.32 Å². The standard InChI is InChI=1S/C18H16N2O4/c19-11-13-4-6-14(7-5-13)12-24-16-3-1-2-15(10-16)18(23)20-9-8-17(21)22/h1-7,10H,8-9,12H2,(H,20,23)(H,21,22). The van der Waals surface area contributed by atoms with Crippen LogP contribution < -0.4 is 10.1 Å². The van der Waals surface area contributed by atoms with E-state index in [0.29, 0.717) is 23.5 Å². The van der Waals surface area contributed by atoms with E-state index in [1.54, 1.807) is 48.5 Å². The van der Waals surface area contributed by atoms with Crippen LogP contribution in [0.2, 0.25) is 0 Å². The van der Waals surface area contributed by atoms with E-state index in [-0.39, 0.29) is 18.9 Å². The number of ether oxygens (including phenoxy) is 1. The summed E-state index contributed by atoms with van der Waals surface area (Å²) in [5.74, 6) is -0.778. The number of carboxylic acids is 1. The SMILES string of the molecule is N#Cc1ccc(COc2cccc(C(=O)NCCC(=O)O)c2)cc1. The Bertz CT molecular complexity index is 763. The first-order chi connectivity index (χ1) is 11.6. The van der Waals surface area contributed by atoms with E-state index in [2.05, 4.69) is 5.32 Å². The van der Waals surface area contributed by atoms with Crippen molar-refractivity contribution < 1.29 is 19.4 Å². The molecule has 122 valence electrons. The summed E-state index contributed by atoms with van der Waals surface area (Å²) >= 11 is 0. The number of carboxylic acid groups (broad SMARTS) is 1. The Morgan fingerprint density at radius 2 is 1.92 bits per heavy atom. The van der Waals surface area contributed by atoms with Crippen molar-refractivity contribution in [3.05, 3.63) is 65.2 Å². The van der Waals surface area contributed by atoms with E-state index in [1.165, 1.54) is 0 Å². The van der Waals surface area contributed by atoms with Crippen LogP contribution >= 0.6 is 0 Å². The van der Waals surface area contributed by atoms with Crippen LogP contribution in [0.1, 0.15) is 27.9 Å². The lowest BCUT2D eigenvalue weighted by Crippen LogP contribution is -2.25. The molecule has 24 heavy (non-hydrogen) atoms. The highest BCUT2D eigenvalue weighted by atomic mass is 16.5. The third kappa shape index (κ3) is 5.14. The van der Waals surface area contributed by atoms with Gasteiger partial charge in [-0.2, -0.15) is 5.26 Å². The second-order valence-corrected chi connectivity index (χ2v) is 5.02. The molecule has 0 atom stereocenters. The van der Waals surface area contributed by atoms with Crippen molar-refractivity contribution in [2.45, 2.75) is 13.0 Å². The van der Waals surface area contributed by atoms with Crippen LogP contribution in [0.25, 0.3) is 0 Å². The number of carbonyl (C=O) groups is 2. The van der Waals surface area contributed by atoms with Crippen molar-refractivity contribution in [2.75, 3.05) is 6.54 Å². The molecule has 0 bridgehead atoms. The number of aliphatic carboxylic acids is 1. The lowest BCUT2D eigenvalue weighted by molar-refractivity contribution is -0.136. The van der Waals surface area contributed by atoms with Crippen molar-refractivity contribution in [1.29, 1.82) is 5.26 Å². The van der Waals surface area contributed by atoms with Gasteiger partial charge in [-0.15, -0.1) is 0 Å². The molecule has 0 aliphatic carbocycles. The van der Waals surface area contributed by atoms with Gasteiger partial charge in [0.1, 0.15) is 12.4 Å². The van der Waals surface area contributed by atoms with Crippen LogP contribution in [-0.4, -0.2) is 23.5 Å². The minimum Gasteiger partial charge on any atom is -0.489 e. The Kier molecular flexibility index (Phi) is 5.92. The van der Waals surface area contributed by atoms with Crippen molar-refractivity contribution in [3.8, 4) is 11.8 Å². The van der Waals surface area contributed by atoms with Crippen LogP contribution in [-0.2, 0) is 11.4 Å². The van der Waals surface area contributed by atoms with Gasteiger partial charge in [0, 0.05) is 12.1 Å². The number of carbonyl (C=O) groups excluding carboxylic acids is 1. The first-order valence-corrected chi connectivity index (χ1v) is 7.30. The second kappa shape index (κ2) is 8.34. The maximum Gasteiger partial charge on any atom is 0.305 e. The van der Waals surface area contributed by atoms with Crippen LogP contribution in [0.15, 0.2) is 48.5 Å². The number of nitrogens with zero attached hydrogens (tertiary/aromatic N) is 1. The molecule has 2 rings (SSSR count). The summed E-state index contributed by atoms with van der Waals surface area (Å²) in [5, 5.41) is 19.9. The topological polar surface area (TPSA) is 99.4 Å². The number of nitriles is 1. The van der Waals surface area contributed by atoms with Gasteiger partial charge in [0.05, 0.1) is 18.1 Å². The minimum absolute atomic E-state index is 0.0739. The molecular formula is C18H16N2O4. The van der Waals surface area contributed by atoms with Gasteiger partial charge in [-0.25, -0.2) is 0 Å². The number of nitrogens with one attached hydrogen (secondary N) is 1. The van der Waals surface area contributed by atoms with E-state index in [1.807, 2.05) is 6.07 Å². The van der Waals surface area contributed by atoms with Crippen LogP contribution in [0.4, 0.5) is 0 Å². The summed E-state index contributed by atoms with van der Waals surface area (Å²) in [6.07, 6.45) is -0.124. The summed E-state index contributed by atoms with van der Waals surface area (Å²) in [7, 11) is 0. The van der Waals surface area contributed by atoms with Crippen molar-refractivity contribution in [2.24, 2.45) is 0 Å². The summed E-state index contributed by atoms with van der Waals surface area (Å²) in [6.45, 7) is 0.389. The van der Waals surface area contributed by atoms with E-state index in [0.717, 1.165) is 5.56 Å². The average Bonchev–Trinajstić information content (AvgIpc) is 2.60. The van der Waals surface area contributed by atoms with Crippen molar-refractivity contribution >= 4 is 11.9 Å². The molecular weight excluding hydrogens is 308 g/mol. The molecule has 2 N–H and O–H groups in total. The molecule has 2 aromatic rings. The second-order valence-electron chi connectivity index (χ2n) is 5.02. The highest BCUT2D eigenvalue weighted by Crippen LogP contribution is 2.15. The third-order valence-electron chi connectivity index (χ3n) is 3.21. The largest absolute Gasteiger partial charge is 0.489 e. The van der Waals surface area contributed by atoms with E-state index >= 15 is 0 Å². The quantitative estimate of drug-likeness (QED) is 0.814. The Hall–Kier alpha value is -3.33. The van der Waals surface area contributed by atoms with Crippen molar-refractivity contribution in [3.63, 3.8) is 0 Å².